The van der Waals surface area contributed by atoms with E-state index >= 15 is 0 Å². The van der Waals surface area contributed by atoms with Gasteiger partial charge in [-0.25, -0.2) is 4.98 Å². The number of oxazole rings is 1. The predicted molar refractivity (Wildman–Crippen MR) is 140 cm³/mol. The zero-order valence-electron chi connectivity index (χ0n) is 21.5. The molecule has 1 aromatic carbocycles. The molecule has 3 fully saturated rings. The van der Waals surface area contributed by atoms with Gasteiger partial charge in [0.15, 0.2) is 5.69 Å². The third-order valence-corrected chi connectivity index (χ3v) is 8.21. The van der Waals surface area contributed by atoms with Gasteiger partial charge in [0.25, 0.3) is 5.91 Å². The normalized spacial score (nSPS) is 24.5. The fourth-order valence-electron chi connectivity index (χ4n) is 6.24. The minimum atomic E-state index is -0.807. The number of unbranched alkanes of at least 4 members (excludes halogenated alkanes) is 1. The third kappa shape index (κ3) is 6.32. The molecular weight excluding hydrogens is 468 g/mol. The Labute approximate surface area is 218 Å². The molecule has 1 amide bonds. The predicted octanol–water partition coefficient (Wildman–Crippen LogP) is 5.90. The first-order chi connectivity index (χ1) is 18.1. The number of carboxylic acids is 1. The summed E-state index contributed by atoms with van der Waals surface area (Å²) in [6.07, 6.45) is 16.3. The SMILES string of the molecule is O=C(O)CCc1ccccc1/C=C1/C2CCC(O2)C1c1nc(C(=O)NCCCCC2CCCCC2)co1. The van der Waals surface area contributed by atoms with E-state index in [-0.39, 0.29) is 30.5 Å². The maximum atomic E-state index is 12.7. The van der Waals surface area contributed by atoms with Gasteiger partial charge < -0.3 is 19.6 Å². The van der Waals surface area contributed by atoms with E-state index in [1.54, 1.807) is 0 Å². The molecule has 2 bridgehead atoms. The van der Waals surface area contributed by atoms with Crippen molar-refractivity contribution in [1.82, 2.24) is 10.3 Å². The van der Waals surface area contributed by atoms with Gasteiger partial charge in [-0.2, -0.15) is 0 Å². The number of ether oxygens (including phenoxy) is 1. The van der Waals surface area contributed by atoms with Crippen molar-refractivity contribution in [2.45, 2.75) is 95.2 Å². The number of rotatable bonds is 11. The molecule has 2 aliphatic heterocycles. The van der Waals surface area contributed by atoms with Gasteiger partial charge in [0.2, 0.25) is 5.89 Å². The summed E-state index contributed by atoms with van der Waals surface area (Å²) in [4.78, 5) is 28.4. The van der Waals surface area contributed by atoms with Gasteiger partial charge in [-0.3, -0.25) is 9.59 Å². The quantitative estimate of drug-likeness (QED) is 0.368. The highest BCUT2D eigenvalue weighted by molar-refractivity contribution is 5.91. The van der Waals surface area contributed by atoms with E-state index in [0.29, 0.717) is 24.6 Å². The molecule has 37 heavy (non-hydrogen) atoms. The summed E-state index contributed by atoms with van der Waals surface area (Å²) < 4.78 is 12.0. The Morgan fingerprint density at radius 2 is 1.92 bits per heavy atom. The van der Waals surface area contributed by atoms with Crippen molar-refractivity contribution >= 4 is 18.0 Å². The molecule has 3 unspecified atom stereocenters. The molecule has 5 rings (SSSR count). The molecule has 2 aromatic rings. The number of aromatic nitrogens is 1. The smallest absolute Gasteiger partial charge is 0.303 e. The van der Waals surface area contributed by atoms with E-state index in [2.05, 4.69) is 16.4 Å². The third-order valence-electron chi connectivity index (χ3n) is 8.21. The summed E-state index contributed by atoms with van der Waals surface area (Å²) in [6, 6.07) is 7.88. The van der Waals surface area contributed by atoms with Crippen LogP contribution in [-0.2, 0) is 16.0 Å². The van der Waals surface area contributed by atoms with E-state index in [1.807, 2.05) is 24.3 Å². The van der Waals surface area contributed by atoms with Crippen molar-refractivity contribution in [2.24, 2.45) is 5.92 Å². The highest BCUT2D eigenvalue weighted by atomic mass is 16.5. The number of amides is 1. The van der Waals surface area contributed by atoms with Crippen LogP contribution in [0.5, 0.6) is 0 Å². The van der Waals surface area contributed by atoms with E-state index in [1.165, 1.54) is 44.8 Å². The van der Waals surface area contributed by atoms with Crippen molar-refractivity contribution in [3.8, 4) is 0 Å². The van der Waals surface area contributed by atoms with Gasteiger partial charge in [0, 0.05) is 13.0 Å². The van der Waals surface area contributed by atoms with Gasteiger partial charge in [-0.1, -0.05) is 75.3 Å². The second-order valence-corrected chi connectivity index (χ2v) is 10.8. The van der Waals surface area contributed by atoms with Crippen LogP contribution in [0.2, 0.25) is 0 Å². The summed E-state index contributed by atoms with van der Waals surface area (Å²) in [6.45, 7) is 0.656. The molecule has 3 heterocycles. The van der Waals surface area contributed by atoms with Gasteiger partial charge in [-0.05, 0) is 48.3 Å². The van der Waals surface area contributed by atoms with Crippen LogP contribution >= 0.6 is 0 Å². The summed E-state index contributed by atoms with van der Waals surface area (Å²) in [5.74, 6) is 0.254. The molecule has 0 spiro atoms. The topological polar surface area (TPSA) is 102 Å². The van der Waals surface area contributed by atoms with Crippen LogP contribution in [-0.4, -0.2) is 40.7 Å². The average molecular weight is 507 g/mol. The van der Waals surface area contributed by atoms with Crippen LogP contribution in [0.25, 0.3) is 6.08 Å². The molecule has 7 nitrogen and oxygen atoms in total. The van der Waals surface area contributed by atoms with Crippen LogP contribution in [0.4, 0.5) is 0 Å². The van der Waals surface area contributed by atoms with Gasteiger partial charge >= 0.3 is 5.97 Å². The number of nitrogens with one attached hydrogen (secondary N) is 1. The fraction of sp³-hybridized carbons (Fsp3) is 0.567. The molecule has 198 valence electrons. The lowest BCUT2D eigenvalue weighted by atomic mass is 9.82. The number of aliphatic carboxylic acids is 1. The Hall–Kier alpha value is -2.93. The monoisotopic (exact) mass is 506 g/mol. The Morgan fingerprint density at radius 3 is 2.76 bits per heavy atom. The molecule has 7 heteroatoms. The summed E-state index contributed by atoms with van der Waals surface area (Å²) >= 11 is 0. The van der Waals surface area contributed by atoms with Crippen LogP contribution in [0.15, 0.2) is 40.5 Å². The molecule has 0 radical (unpaired) electrons. The summed E-state index contributed by atoms with van der Waals surface area (Å²) in [7, 11) is 0. The first kappa shape index (κ1) is 25.7. The molecular formula is C30H38N2O5. The molecule has 2 N–H and O–H groups in total. The van der Waals surface area contributed by atoms with Crippen LogP contribution < -0.4 is 5.32 Å². The number of benzene rings is 1. The number of aryl methyl sites for hydroxylation is 1. The largest absolute Gasteiger partial charge is 0.481 e. The van der Waals surface area contributed by atoms with Crippen molar-refractivity contribution in [2.75, 3.05) is 6.54 Å². The van der Waals surface area contributed by atoms with Crippen molar-refractivity contribution in [3.63, 3.8) is 0 Å². The molecule has 3 aliphatic rings. The minimum absolute atomic E-state index is 0.00382. The number of carbonyl (C=O) groups excluding carboxylic acids is 1. The molecule has 1 aromatic heterocycles. The first-order valence-electron chi connectivity index (χ1n) is 14.0. The Bertz CT molecular complexity index is 1120. The second kappa shape index (κ2) is 12.1. The van der Waals surface area contributed by atoms with Crippen LogP contribution in [0.1, 0.15) is 104 Å². The lowest BCUT2D eigenvalue weighted by Crippen LogP contribution is -2.25. The van der Waals surface area contributed by atoms with E-state index in [4.69, 9.17) is 14.3 Å². The number of hydrogen-bond acceptors (Lipinski definition) is 5. The Kier molecular flexibility index (Phi) is 8.39. The standard InChI is InChI=1S/C30H38N2O5/c33-27(34)16-13-21-11-4-5-12-22(21)18-23-25-14-15-26(37-25)28(23)30-32-24(19-36-30)29(35)31-17-7-6-10-20-8-2-1-3-9-20/h4-5,11-12,18-20,25-26,28H,1-3,6-10,13-17H2,(H,31,35)(H,33,34)/b23-18-. The Morgan fingerprint density at radius 1 is 1.08 bits per heavy atom. The molecule has 1 saturated carbocycles. The number of carboxylic acid groups (broad SMARTS) is 1. The molecule has 2 saturated heterocycles. The highest BCUT2D eigenvalue weighted by Crippen LogP contribution is 2.49. The van der Waals surface area contributed by atoms with Crippen molar-refractivity contribution < 1.29 is 23.8 Å². The van der Waals surface area contributed by atoms with E-state index in [9.17, 15) is 9.59 Å². The zero-order chi connectivity index (χ0) is 25.6. The van der Waals surface area contributed by atoms with Crippen LogP contribution in [0.3, 0.4) is 0 Å². The molecule has 1 aliphatic carbocycles. The lowest BCUT2D eigenvalue weighted by molar-refractivity contribution is -0.136. The first-order valence-corrected chi connectivity index (χ1v) is 14.0. The van der Waals surface area contributed by atoms with Gasteiger partial charge in [-0.15, -0.1) is 0 Å². The second-order valence-electron chi connectivity index (χ2n) is 10.8. The zero-order valence-corrected chi connectivity index (χ0v) is 21.5. The number of hydrogen-bond donors (Lipinski definition) is 2. The molecule has 3 atom stereocenters. The highest BCUT2D eigenvalue weighted by Gasteiger charge is 2.48. The van der Waals surface area contributed by atoms with Crippen LogP contribution in [0, 0.1) is 5.92 Å². The van der Waals surface area contributed by atoms with E-state index in [0.717, 1.165) is 48.3 Å². The fourth-order valence-corrected chi connectivity index (χ4v) is 6.24. The van der Waals surface area contributed by atoms with Gasteiger partial charge in [0.05, 0.1) is 18.1 Å². The van der Waals surface area contributed by atoms with Gasteiger partial charge in [0.1, 0.15) is 6.26 Å². The van der Waals surface area contributed by atoms with Crippen molar-refractivity contribution in [1.29, 1.82) is 0 Å². The minimum Gasteiger partial charge on any atom is -0.481 e. The Balaban J connectivity index is 1.21. The number of fused-ring (bicyclic) bond motifs is 2. The summed E-state index contributed by atoms with van der Waals surface area (Å²) in [5.41, 5.74) is 3.40. The maximum Gasteiger partial charge on any atom is 0.303 e. The lowest BCUT2D eigenvalue weighted by Gasteiger charge is -2.21. The van der Waals surface area contributed by atoms with E-state index < -0.39 is 5.97 Å². The number of nitrogens with zero attached hydrogens (tertiary/aromatic N) is 1. The number of carbonyl (C=O) groups is 2. The summed E-state index contributed by atoms with van der Waals surface area (Å²) in [5, 5.41) is 12.1. The maximum absolute atomic E-state index is 12.7. The average Bonchev–Trinajstić information content (AvgIpc) is 3.65. The van der Waals surface area contributed by atoms with Crippen molar-refractivity contribution in [3.05, 3.63) is 58.8 Å².